The summed E-state index contributed by atoms with van der Waals surface area (Å²) in [5.74, 6) is 1.59. The SMILES string of the molecule is CCCCCCCCC(CCCCCC)Cc1ccc(-c2c3cc(CCc4ccccc4)sc3c(-c3ccc(CC(CCCCCC)CCCCCCCC)s3)c3cc(CCc4ccccc4)sc23)s1. The number of hydrogen-bond donors (Lipinski definition) is 0. The molecule has 7 rings (SSSR count). The third kappa shape index (κ3) is 17.0. The molecule has 2 atom stereocenters. The average molecular weight is 1010 g/mol. The van der Waals surface area contributed by atoms with E-state index in [0.29, 0.717) is 0 Å². The summed E-state index contributed by atoms with van der Waals surface area (Å²) in [4.78, 5) is 9.21. The minimum atomic E-state index is 0.795. The lowest BCUT2D eigenvalue weighted by molar-refractivity contribution is 0.404. The molecule has 0 saturated carbocycles. The molecule has 4 heteroatoms. The van der Waals surface area contributed by atoms with Gasteiger partial charge in [-0.25, -0.2) is 0 Å². The highest BCUT2D eigenvalue weighted by atomic mass is 32.1. The number of rotatable bonds is 36. The van der Waals surface area contributed by atoms with Crippen LogP contribution in [0.25, 0.3) is 41.1 Å². The Morgan fingerprint density at radius 1 is 0.329 bits per heavy atom. The molecule has 0 aliphatic rings. The summed E-state index contributed by atoms with van der Waals surface area (Å²) in [5, 5.41) is 2.99. The largest absolute Gasteiger partial charge is 0.140 e. The van der Waals surface area contributed by atoms with Gasteiger partial charge in [-0.05, 0) is 97.9 Å². The quantitative estimate of drug-likeness (QED) is 0.0344. The van der Waals surface area contributed by atoms with Gasteiger partial charge in [-0.2, -0.15) is 0 Å². The third-order valence-corrected chi connectivity index (χ3v) is 19.9. The predicted octanol–water partition coefficient (Wildman–Crippen LogP) is 22.9. The maximum atomic E-state index is 2.64. The van der Waals surface area contributed by atoms with E-state index < -0.39 is 0 Å². The zero-order valence-corrected chi connectivity index (χ0v) is 47.5. The molecular formula is C66H90S4. The van der Waals surface area contributed by atoms with Gasteiger partial charge in [0.15, 0.2) is 0 Å². The van der Waals surface area contributed by atoms with E-state index in [4.69, 9.17) is 0 Å². The van der Waals surface area contributed by atoms with Crippen LogP contribution >= 0.6 is 45.3 Å². The van der Waals surface area contributed by atoms with Crippen LogP contribution < -0.4 is 0 Å². The van der Waals surface area contributed by atoms with Crippen LogP contribution in [-0.4, -0.2) is 0 Å². The first-order chi connectivity index (χ1) is 34.6. The standard InChI is InChI=1S/C66H90S4/c1-5-9-13-17-19-25-37-53(35-23-15-11-7-3)47-55-43-45-61(67-55)63-59-49-57(41-39-51-31-27-21-28-32-51)70-66(59)64(60-50-58(69-65(60)63)42-40-52-33-29-22-30-34-52)62-46-44-56(68-62)48-54(36-24-16-12-8-4)38-26-20-18-14-10-6-2/h21-22,27-34,43-46,49-50,53-54H,5-20,23-26,35-42,47-48H2,1-4H3. The molecule has 0 spiro atoms. The minimum Gasteiger partial charge on any atom is -0.140 e. The molecule has 0 aliphatic carbocycles. The summed E-state index contributed by atoms with van der Waals surface area (Å²) >= 11 is 8.45. The fraction of sp³-hybridized carbons (Fsp3) is 0.545. The summed E-state index contributed by atoms with van der Waals surface area (Å²) in [6.07, 6.45) is 40.0. The van der Waals surface area contributed by atoms with Crippen molar-refractivity contribution in [2.24, 2.45) is 11.8 Å². The van der Waals surface area contributed by atoms with Gasteiger partial charge >= 0.3 is 0 Å². The highest BCUT2D eigenvalue weighted by Crippen LogP contribution is 2.52. The molecule has 4 aromatic heterocycles. The van der Waals surface area contributed by atoms with Gasteiger partial charge in [-0.15, -0.1) is 45.3 Å². The molecule has 0 aliphatic heterocycles. The second kappa shape index (κ2) is 30.9. The lowest BCUT2D eigenvalue weighted by Gasteiger charge is -2.16. The van der Waals surface area contributed by atoms with Gasteiger partial charge in [0.25, 0.3) is 0 Å². The molecule has 0 saturated heterocycles. The van der Waals surface area contributed by atoms with Crippen LogP contribution in [0.3, 0.4) is 0 Å². The fourth-order valence-electron chi connectivity index (χ4n) is 11.1. The second-order valence-corrected chi connectivity index (χ2v) is 25.7. The smallest absolute Gasteiger partial charge is 0.0445 e. The molecule has 3 aromatic carbocycles. The monoisotopic (exact) mass is 1010 g/mol. The van der Waals surface area contributed by atoms with Gasteiger partial charge in [0, 0.05) is 60.6 Å². The first-order valence-electron chi connectivity index (χ1n) is 28.8. The van der Waals surface area contributed by atoms with E-state index in [1.165, 1.54) is 229 Å². The predicted molar refractivity (Wildman–Crippen MR) is 319 cm³/mol. The van der Waals surface area contributed by atoms with E-state index in [9.17, 15) is 0 Å². The van der Waals surface area contributed by atoms with Crippen molar-refractivity contribution in [2.45, 2.75) is 220 Å². The van der Waals surface area contributed by atoms with Crippen molar-refractivity contribution in [3.63, 3.8) is 0 Å². The molecule has 0 fully saturated rings. The number of fused-ring (bicyclic) bond motifs is 2. The molecule has 0 N–H and O–H groups in total. The van der Waals surface area contributed by atoms with E-state index in [-0.39, 0.29) is 0 Å². The molecule has 7 aromatic rings. The molecule has 378 valence electrons. The van der Waals surface area contributed by atoms with Crippen molar-refractivity contribution in [1.82, 2.24) is 0 Å². The Labute approximate surface area is 443 Å². The summed E-state index contributed by atoms with van der Waals surface area (Å²) in [5.41, 5.74) is 5.90. The van der Waals surface area contributed by atoms with Gasteiger partial charge in [-0.1, -0.05) is 242 Å². The van der Waals surface area contributed by atoms with E-state index in [1.807, 2.05) is 0 Å². The maximum Gasteiger partial charge on any atom is 0.0445 e. The van der Waals surface area contributed by atoms with Gasteiger partial charge in [-0.3, -0.25) is 0 Å². The Morgan fingerprint density at radius 3 is 1.04 bits per heavy atom. The van der Waals surface area contributed by atoms with Gasteiger partial charge < -0.3 is 0 Å². The Kier molecular flexibility index (Phi) is 24.2. The third-order valence-electron chi connectivity index (χ3n) is 15.2. The van der Waals surface area contributed by atoms with Crippen molar-refractivity contribution in [1.29, 1.82) is 0 Å². The van der Waals surface area contributed by atoms with Crippen molar-refractivity contribution >= 4 is 65.5 Å². The Hall–Kier alpha value is -3.02. The van der Waals surface area contributed by atoms with Crippen LogP contribution in [0, 0.1) is 11.8 Å². The van der Waals surface area contributed by atoms with Crippen molar-refractivity contribution in [3.8, 4) is 20.9 Å². The van der Waals surface area contributed by atoms with Crippen molar-refractivity contribution in [3.05, 3.63) is 128 Å². The lowest BCUT2D eigenvalue weighted by Crippen LogP contribution is -2.04. The van der Waals surface area contributed by atoms with Gasteiger partial charge in [0.1, 0.15) is 0 Å². The maximum absolute atomic E-state index is 2.64. The molecule has 70 heavy (non-hydrogen) atoms. The summed E-state index contributed by atoms with van der Waals surface area (Å²) in [7, 11) is 0. The first kappa shape index (κ1) is 54.7. The summed E-state index contributed by atoms with van der Waals surface area (Å²) < 4.78 is 3.03. The topological polar surface area (TPSA) is 0 Å². The highest BCUT2D eigenvalue weighted by molar-refractivity contribution is 7.23. The van der Waals surface area contributed by atoms with E-state index in [2.05, 4.69) is 170 Å². The normalized spacial score (nSPS) is 12.7. The number of unbranched alkanes of at least 4 members (excludes halogenated alkanes) is 16. The van der Waals surface area contributed by atoms with E-state index in [0.717, 1.165) is 37.5 Å². The van der Waals surface area contributed by atoms with Crippen molar-refractivity contribution < 1.29 is 0 Å². The van der Waals surface area contributed by atoms with Crippen LogP contribution in [0.5, 0.6) is 0 Å². The number of hydrogen-bond acceptors (Lipinski definition) is 4. The number of thiophene rings is 4. The van der Waals surface area contributed by atoms with Crippen LogP contribution in [0.4, 0.5) is 0 Å². The van der Waals surface area contributed by atoms with E-state index in [1.54, 1.807) is 9.75 Å². The van der Waals surface area contributed by atoms with Crippen LogP contribution in [0.15, 0.2) is 97.1 Å². The van der Waals surface area contributed by atoms with Crippen LogP contribution in [-0.2, 0) is 38.5 Å². The molecule has 0 radical (unpaired) electrons. The number of benzene rings is 3. The average Bonchev–Trinajstić information content (AvgIpc) is 4.22. The molecule has 0 bridgehead atoms. The molecule has 2 unspecified atom stereocenters. The summed E-state index contributed by atoms with van der Waals surface area (Å²) in [6, 6.07) is 37.8. The Bertz CT molecular complexity index is 2250. The minimum absolute atomic E-state index is 0.795. The zero-order valence-electron chi connectivity index (χ0n) is 44.2. The highest BCUT2D eigenvalue weighted by Gasteiger charge is 2.25. The van der Waals surface area contributed by atoms with Crippen LogP contribution in [0.2, 0.25) is 0 Å². The molecule has 0 amide bonds. The van der Waals surface area contributed by atoms with E-state index >= 15 is 0 Å². The van der Waals surface area contributed by atoms with Gasteiger partial charge in [0.2, 0.25) is 0 Å². The summed E-state index contributed by atoms with van der Waals surface area (Å²) in [6.45, 7) is 9.37. The molecular weight excluding hydrogens is 921 g/mol. The fourth-order valence-corrected chi connectivity index (χ4v) is 16.1. The first-order valence-corrected chi connectivity index (χ1v) is 32.1. The van der Waals surface area contributed by atoms with Gasteiger partial charge in [0.05, 0.1) is 0 Å². The van der Waals surface area contributed by atoms with Crippen molar-refractivity contribution in [2.75, 3.05) is 0 Å². The Balaban J connectivity index is 1.25. The lowest BCUT2D eigenvalue weighted by atomic mass is 9.91. The number of aryl methyl sites for hydroxylation is 4. The molecule has 0 nitrogen and oxygen atoms in total. The second-order valence-electron chi connectivity index (χ2n) is 21.1. The van der Waals surface area contributed by atoms with Crippen LogP contribution in [0.1, 0.15) is 212 Å². The molecule has 4 heterocycles. The zero-order chi connectivity index (χ0) is 48.6. The Morgan fingerprint density at radius 2 is 0.671 bits per heavy atom.